The molecule has 3 rings (SSSR count). The van der Waals surface area contributed by atoms with Crippen molar-refractivity contribution in [2.75, 3.05) is 13.6 Å². The van der Waals surface area contributed by atoms with Crippen LogP contribution >= 0.6 is 0 Å². The van der Waals surface area contributed by atoms with Crippen molar-refractivity contribution in [3.63, 3.8) is 0 Å². The van der Waals surface area contributed by atoms with Crippen LogP contribution in [0, 0.1) is 0 Å². The van der Waals surface area contributed by atoms with Crippen molar-refractivity contribution in [2.45, 2.75) is 70.2 Å². The summed E-state index contributed by atoms with van der Waals surface area (Å²) in [5, 5.41) is 7.05. The smallest absolute Gasteiger partial charge is 0.274 e. The standard InChI is InChI=1S/C18H28N4O3/c1-5-21-10-7-13(20-21)16(24)22-9-6-8-18(22)12-17(2,3)25-14(18)11-15(23)19-4/h7,10,14H,5-6,8-9,11-12H2,1-4H3,(H,19,23)/t14-,18+/m0/s1. The van der Waals surface area contributed by atoms with Crippen molar-refractivity contribution < 1.29 is 14.3 Å². The average molecular weight is 348 g/mol. The third-order valence-electron chi connectivity index (χ3n) is 5.40. The predicted molar refractivity (Wildman–Crippen MR) is 93.2 cm³/mol. The normalized spacial score (nSPS) is 27.8. The van der Waals surface area contributed by atoms with Gasteiger partial charge in [-0.15, -0.1) is 0 Å². The third-order valence-corrected chi connectivity index (χ3v) is 5.40. The van der Waals surface area contributed by atoms with Crippen molar-refractivity contribution in [3.8, 4) is 0 Å². The van der Waals surface area contributed by atoms with Crippen LogP contribution < -0.4 is 5.32 Å². The minimum atomic E-state index is -0.427. The molecule has 1 spiro atoms. The highest BCUT2D eigenvalue weighted by molar-refractivity contribution is 5.93. The third kappa shape index (κ3) is 3.17. The molecule has 0 bridgehead atoms. The van der Waals surface area contributed by atoms with Crippen LogP contribution in [0.15, 0.2) is 12.3 Å². The van der Waals surface area contributed by atoms with Gasteiger partial charge in [0.25, 0.3) is 5.91 Å². The Morgan fingerprint density at radius 1 is 1.44 bits per heavy atom. The van der Waals surface area contributed by atoms with E-state index < -0.39 is 5.54 Å². The van der Waals surface area contributed by atoms with E-state index >= 15 is 0 Å². The molecule has 138 valence electrons. The van der Waals surface area contributed by atoms with Gasteiger partial charge in [0, 0.05) is 32.8 Å². The number of carbonyl (C=O) groups excluding carboxylic acids is 2. The zero-order chi connectivity index (χ0) is 18.2. The Hall–Kier alpha value is -1.89. The van der Waals surface area contributed by atoms with E-state index in [1.807, 2.05) is 31.9 Å². The number of amides is 2. The molecule has 2 saturated heterocycles. The zero-order valence-corrected chi connectivity index (χ0v) is 15.5. The fraction of sp³-hybridized carbons (Fsp3) is 0.722. The van der Waals surface area contributed by atoms with Crippen molar-refractivity contribution in [2.24, 2.45) is 0 Å². The lowest BCUT2D eigenvalue weighted by Gasteiger charge is -2.38. The summed E-state index contributed by atoms with van der Waals surface area (Å²) >= 11 is 0. The van der Waals surface area contributed by atoms with Crippen molar-refractivity contribution in [1.82, 2.24) is 20.0 Å². The molecular formula is C18H28N4O3. The number of hydrogen-bond donors (Lipinski definition) is 1. The van der Waals surface area contributed by atoms with E-state index in [-0.39, 0.29) is 29.9 Å². The van der Waals surface area contributed by atoms with Crippen LogP contribution in [-0.2, 0) is 16.1 Å². The number of ether oxygens (including phenoxy) is 1. The van der Waals surface area contributed by atoms with Gasteiger partial charge in [-0.1, -0.05) is 0 Å². The molecule has 3 heterocycles. The highest BCUT2D eigenvalue weighted by Crippen LogP contribution is 2.49. The van der Waals surface area contributed by atoms with Gasteiger partial charge in [-0.3, -0.25) is 14.3 Å². The molecule has 25 heavy (non-hydrogen) atoms. The Morgan fingerprint density at radius 2 is 2.20 bits per heavy atom. The number of likely N-dealkylation sites (tertiary alicyclic amines) is 1. The molecule has 0 saturated carbocycles. The zero-order valence-electron chi connectivity index (χ0n) is 15.5. The summed E-state index contributed by atoms with van der Waals surface area (Å²) in [5.41, 5.74) is -0.320. The van der Waals surface area contributed by atoms with Crippen LogP contribution in [-0.4, -0.2) is 57.3 Å². The van der Waals surface area contributed by atoms with E-state index in [0.29, 0.717) is 12.2 Å². The van der Waals surface area contributed by atoms with Gasteiger partial charge in [0.15, 0.2) is 0 Å². The number of aromatic nitrogens is 2. The number of rotatable bonds is 4. The van der Waals surface area contributed by atoms with Crippen molar-refractivity contribution >= 4 is 11.8 Å². The minimum absolute atomic E-state index is 0.0587. The van der Waals surface area contributed by atoms with Gasteiger partial charge < -0.3 is 15.0 Å². The lowest BCUT2D eigenvalue weighted by atomic mass is 9.82. The first-order chi connectivity index (χ1) is 11.8. The van der Waals surface area contributed by atoms with E-state index in [9.17, 15) is 9.59 Å². The van der Waals surface area contributed by atoms with Crippen molar-refractivity contribution in [3.05, 3.63) is 18.0 Å². The van der Waals surface area contributed by atoms with Crippen LogP contribution in [0.1, 0.15) is 56.9 Å². The summed E-state index contributed by atoms with van der Waals surface area (Å²) in [7, 11) is 1.63. The van der Waals surface area contributed by atoms with Gasteiger partial charge in [0.05, 0.1) is 23.7 Å². The average Bonchev–Trinajstić information content (AvgIpc) is 3.25. The van der Waals surface area contributed by atoms with Gasteiger partial charge >= 0.3 is 0 Å². The molecule has 0 unspecified atom stereocenters. The van der Waals surface area contributed by atoms with Gasteiger partial charge in [-0.2, -0.15) is 5.10 Å². The molecular weight excluding hydrogens is 320 g/mol. The summed E-state index contributed by atoms with van der Waals surface area (Å²) in [4.78, 5) is 27.1. The van der Waals surface area contributed by atoms with Gasteiger partial charge in [-0.05, 0) is 39.7 Å². The van der Waals surface area contributed by atoms with E-state index in [1.165, 1.54) is 0 Å². The Balaban J connectivity index is 1.91. The monoisotopic (exact) mass is 348 g/mol. The van der Waals surface area contributed by atoms with Crippen LogP contribution in [0.2, 0.25) is 0 Å². The van der Waals surface area contributed by atoms with Gasteiger partial charge in [0.2, 0.25) is 5.91 Å². The SMILES string of the molecule is CCn1ccc(C(=O)N2CCC[C@]23CC(C)(C)O[C@H]3CC(=O)NC)n1. The topological polar surface area (TPSA) is 76.5 Å². The Kier molecular flexibility index (Phi) is 4.62. The molecule has 2 aliphatic rings. The number of carbonyl (C=O) groups is 2. The first-order valence-corrected chi connectivity index (χ1v) is 9.05. The first kappa shape index (κ1) is 17.9. The number of hydrogen-bond acceptors (Lipinski definition) is 4. The van der Waals surface area contributed by atoms with Crippen LogP contribution in [0.3, 0.4) is 0 Å². The molecule has 7 heteroatoms. The first-order valence-electron chi connectivity index (χ1n) is 9.05. The second-order valence-corrected chi connectivity index (χ2v) is 7.64. The van der Waals surface area contributed by atoms with E-state index in [0.717, 1.165) is 25.8 Å². The van der Waals surface area contributed by atoms with Crippen LogP contribution in [0.25, 0.3) is 0 Å². The maximum atomic E-state index is 13.1. The quantitative estimate of drug-likeness (QED) is 0.896. The highest BCUT2D eigenvalue weighted by Gasteiger charge is 2.58. The molecule has 0 aromatic carbocycles. The molecule has 0 radical (unpaired) electrons. The largest absolute Gasteiger partial charge is 0.369 e. The van der Waals surface area contributed by atoms with Crippen molar-refractivity contribution in [1.29, 1.82) is 0 Å². The molecule has 2 aliphatic heterocycles. The Bertz CT molecular complexity index is 669. The summed E-state index contributed by atoms with van der Waals surface area (Å²) in [6.07, 6.45) is 4.33. The van der Waals surface area contributed by atoms with Gasteiger partial charge in [0.1, 0.15) is 5.69 Å². The maximum absolute atomic E-state index is 13.1. The summed E-state index contributed by atoms with van der Waals surface area (Å²) in [5.74, 6) is -0.121. The fourth-order valence-corrected chi connectivity index (χ4v) is 4.40. The summed E-state index contributed by atoms with van der Waals surface area (Å²) in [6, 6.07) is 1.77. The number of aryl methyl sites for hydroxylation is 1. The predicted octanol–water partition coefficient (Wildman–Crippen LogP) is 1.58. The molecule has 2 amide bonds. The molecule has 1 aromatic heterocycles. The molecule has 1 N–H and O–H groups in total. The summed E-state index contributed by atoms with van der Waals surface area (Å²) < 4.78 is 7.98. The Labute approximate surface area is 148 Å². The summed E-state index contributed by atoms with van der Waals surface area (Å²) in [6.45, 7) is 7.47. The highest BCUT2D eigenvalue weighted by atomic mass is 16.5. The number of nitrogens with zero attached hydrogens (tertiary/aromatic N) is 3. The second kappa shape index (κ2) is 6.44. The lowest BCUT2D eigenvalue weighted by molar-refractivity contribution is -0.126. The molecule has 2 atom stereocenters. The lowest BCUT2D eigenvalue weighted by Crippen LogP contribution is -2.53. The minimum Gasteiger partial charge on any atom is -0.369 e. The number of nitrogens with one attached hydrogen (secondary N) is 1. The van der Waals surface area contributed by atoms with Crippen LogP contribution in [0.5, 0.6) is 0 Å². The van der Waals surface area contributed by atoms with Crippen LogP contribution in [0.4, 0.5) is 0 Å². The molecule has 1 aromatic rings. The fourth-order valence-electron chi connectivity index (χ4n) is 4.40. The molecule has 0 aliphatic carbocycles. The second-order valence-electron chi connectivity index (χ2n) is 7.64. The van der Waals surface area contributed by atoms with E-state index in [4.69, 9.17) is 4.74 Å². The molecule has 7 nitrogen and oxygen atoms in total. The van der Waals surface area contributed by atoms with E-state index in [1.54, 1.807) is 17.8 Å². The molecule has 2 fully saturated rings. The van der Waals surface area contributed by atoms with E-state index in [2.05, 4.69) is 10.4 Å². The Morgan fingerprint density at radius 3 is 2.84 bits per heavy atom. The van der Waals surface area contributed by atoms with Gasteiger partial charge in [-0.25, -0.2) is 0 Å². The maximum Gasteiger partial charge on any atom is 0.274 e.